The number of thiazole rings is 1. The van der Waals surface area contributed by atoms with Crippen molar-refractivity contribution in [2.75, 3.05) is 6.61 Å². The van der Waals surface area contributed by atoms with Crippen LogP contribution in [0.3, 0.4) is 0 Å². The first-order valence-electron chi connectivity index (χ1n) is 8.65. The lowest BCUT2D eigenvalue weighted by Gasteiger charge is -2.04. The topological polar surface area (TPSA) is 56.5 Å². The molecule has 0 atom stereocenters. The quantitative estimate of drug-likeness (QED) is 0.467. The smallest absolute Gasteiger partial charge is 0.291 e. The van der Waals surface area contributed by atoms with Crippen LogP contribution >= 0.6 is 34.5 Å². The lowest BCUT2D eigenvalue weighted by Crippen LogP contribution is -2.23. The molecule has 0 aliphatic heterocycles. The van der Waals surface area contributed by atoms with Gasteiger partial charge in [-0.25, -0.2) is 0 Å². The largest absolute Gasteiger partial charge is 0.494 e. The number of benzene rings is 2. The molecule has 0 unspecified atom stereocenters. The molecule has 142 valence electrons. The summed E-state index contributed by atoms with van der Waals surface area (Å²) < 4.78 is 7.44. The van der Waals surface area contributed by atoms with Gasteiger partial charge in [-0.2, -0.15) is 9.50 Å². The fourth-order valence-electron chi connectivity index (χ4n) is 2.63. The number of halogens is 2. The Bertz CT molecular complexity index is 1250. The summed E-state index contributed by atoms with van der Waals surface area (Å²) >= 11 is 13.3. The molecular formula is C20H15Cl2N3O2S. The minimum absolute atomic E-state index is 0.215. The van der Waals surface area contributed by atoms with Gasteiger partial charge in [-0.15, -0.1) is 5.10 Å². The molecule has 5 nitrogen and oxygen atoms in total. The highest BCUT2D eigenvalue weighted by Gasteiger charge is 2.12. The maximum Gasteiger partial charge on any atom is 0.291 e. The maximum atomic E-state index is 12.7. The van der Waals surface area contributed by atoms with Crippen LogP contribution < -0.4 is 14.8 Å². The minimum atomic E-state index is -0.215. The Labute approximate surface area is 174 Å². The average molecular weight is 432 g/mol. The van der Waals surface area contributed by atoms with Crippen molar-refractivity contribution in [3.63, 3.8) is 0 Å². The maximum absolute atomic E-state index is 12.7. The molecule has 4 rings (SSSR count). The molecule has 0 aliphatic rings. The fourth-order valence-corrected chi connectivity index (χ4v) is 3.84. The van der Waals surface area contributed by atoms with Gasteiger partial charge in [-0.1, -0.05) is 47.5 Å². The average Bonchev–Trinajstić information content (AvgIpc) is 3.23. The van der Waals surface area contributed by atoms with E-state index in [0.29, 0.717) is 32.0 Å². The highest BCUT2D eigenvalue weighted by molar-refractivity contribution is 7.15. The Morgan fingerprint density at radius 1 is 1.14 bits per heavy atom. The molecule has 0 aliphatic carbocycles. The van der Waals surface area contributed by atoms with Crippen LogP contribution in [-0.4, -0.2) is 21.2 Å². The van der Waals surface area contributed by atoms with Crippen molar-refractivity contribution in [3.05, 3.63) is 73.0 Å². The fraction of sp³-hybridized carbons (Fsp3) is 0.150. The third-order valence-corrected chi connectivity index (χ3v) is 5.71. The first-order chi connectivity index (χ1) is 13.5. The van der Waals surface area contributed by atoms with E-state index in [1.165, 1.54) is 15.9 Å². The minimum Gasteiger partial charge on any atom is -0.494 e. The summed E-state index contributed by atoms with van der Waals surface area (Å²) in [4.78, 5) is 17.7. The monoisotopic (exact) mass is 431 g/mol. The van der Waals surface area contributed by atoms with E-state index in [2.05, 4.69) is 17.0 Å². The number of hydrogen-bond acceptors (Lipinski definition) is 5. The van der Waals surface area contributed by atoms with Crippen molar-refractivity contribution < 1.29 is 4.74 Å². The van der Waals surface area contributed by atoms with E-state index >= 15 is 0 Å². The van der Waals surface area contributed by atoms with E-state index in [9.17, 15) is 4.79 Å². The molecule has 2 heterocycles. The van der Waals surface area contributed by atoms with Crippen LogP contribution in [0.15, 0.2) is 47.3 Å². The zero-order chi connectivity index (χ0) is 19.7. The van der Waals surface area contributed by atoms with E-state index < -0.39 is 0 Å². The second-order valence-electron chi connectivity index (χ2n) is 6.09. The van der Waals surface area contributed by atoms with Crippen molar-refractivity contribution >= 4 is 45.6 Å². The van der Waals surface area contributed by atoms with Gasteiger partial charge in [-0.3, -0.25) is 4.79 Å². The highest BCUT2D eigenvalue weighted by Crippen LogP contribution is 2.23. The number of hydrogen-bond donors (Lipinski definition) is 0. The molecule has 0 radical (unpaired) electrons. The van der Waals surface area contributed by atoms with Crippen LogP contribution in [0.25, 0.3) is 22.4 Å². The van der Waals surface area contributed by atoms with Gasteiger partial charge in [0, 0.05) is 5.56 Å². The number of nitrogens with zero attached hydrogens (tertiary/aromatic N) is 3. The Morgan fingerprint density at radius 2 is 1.93 bits per heavy atom. The standard InChI is InChI=1S/C20H15Cl2N3O2S/c1-2-9-27-14-6-4-13(5-7-14)18-23-20-25(24-18)19(26)17(28-20)11-12-3-8-15(21)16(22)10-12/h3-8,10-11H,2,9H2,1H3/b17-11+. The molecule has 2 aromatic carbocycles. The first kappa shape index (κ1) is 18.9. The first-order valence-corrected chi connectivity index (χ1v) is 10.2. The van der Waals surface area contributed by atoms with E-state index in [4.69, 9.17) is 27.9 Å². The van der Waals surface area contributed by atoms with Gasteiger partial charge >= 0.3 is 0 Å². The third-order valence-electron chi connectivity index (χ3n) is 4.01. The normalized spacial score (nSPS) is 12.0. The molecule has 0 fully saturated rings. The van der Waals surface area contributed by atoms with Gasteiger partial charge in [-0.05, 0) is 54.5 Å². The predicted octanol–water partition coefficient (Wildman–Crippen LogP) is 4.46. The van der Waals surface area contributed by atoms with Crippen LogP contribution in [0.4, 0.5) is 0 Å². The predicted molar refractivity (Wildman–Crippen MR) is 114 cm³/mol. The lowest BCUT2D eigenvalue weighted by molar-refractivity contribution is 0.317. The van der Waals surface area contributed by atoms with Crippen LogP contribution in [-0.2, 0) is 0 Å². The van der Waals surface area contributed by atoms with Gasteiger partial charge in [0.2, 0.25) is 4.96 Å². The highest BCUT2D eigenvalue weighted by atomic mass is 35.5. The molecule has 0 saturated carbocycles. The third kappa shape index (κ3) is 3.76. The SMILES string of the molecule is CCCOc1ccc(-c2nc3s/c(=C/c4ccc(Cl)c(Cl)c4)c(=O)n3n2)cc1. The Kier molecular flexibility index (Phi) is 5.35. The molecule has 0 amide bonds. The van der Waals surface area contributed by atoms with Crippen molar-refractivity contribution in [1.29, 1.82) is 0 Å². The van der Waals surface area contributed by atoms with Gasteiger partial charge < -0.3 is 4.74 Å². The summed E-state index contributed by atoms with van der Waals surface area (Å²) in [5, 5.41) is 5.28. The number of aromatic nitrogens is 3. The van der Waals surface area contributed by atoms with Crippen molar-refractivity contribution in [1.82, 2.24) is 14.6 Å². The van der Waals surface area contributed by atoms with Crippen molar-refractivity contribution in [2.24, 2.45) is 0 Å². The summed E-state index contributed by atoms with van der Waals surface area (Å²) in [7, 11) is 0. The van der Waals surface area contributed by atoms with Crippen LogP contribution in [0.5, 0.6) is 5.75 Å². The summed E-state index contributed by atoms with van der Waals surface area (Å²) in [5.74, 6) is 1.31. The number of ether oxygens (including phenoxy) is 1. The molecule has 8 heteroatoms. The van der Waals surface area contributed by atoms with Gasteiger partial charge in [0.1, 0.15) is 5.75 Å². The van der Waals surface area contributed by atoms with E-state index in [1.807, 2.05) is 24.3 Å². The van der Waals surface area contributed by atoms with Crippen LogP contribution in [0, 0.1) is 0 Å². The molecule has 28 heavy (non-hydrogen) atoms. The summed E-state index contributed by atoms with van der Waals surface area (Å²) in [6.07, 6.45) is 2.71. The summed E-state index contributed by atoms with van der Waals surface area (Å²) in [5.41, 5.74) is 1.40. The molecule has 0 saturated heterocycles. The van der Waals surface area contributed by atoms with Gasteiger partial charge in [0.25, 0.3) is 5.56 Å². The van der Waals surface area contributed by atoms with E-state index in [1.54, 1.807) is 24.3 Å². The lowest BCUT2D eigenvalue weighted by atomic mass is 10.2. The number of rotatable bonds is 5. The molecule has 4 aromatic rings. The number of fused-ring (bicyclic) bond motifs is 1. The molecule has 2 aromatic heterocycles. The van der Waals surface area contributed by atoms with Gasteiger partial charge in [0.15, 0.2) is 5.82 Å². The Hall–Kier alpha value is -2.41. The van der Waals surface area contributed by atoms with E-state index in [-0.39, 0.29) is 5.56 Å². The van der Waals surface area contributed by atoms with Crippen LogP contribution in [0.1, 0.15) is 18.9 Å². The second-order valence-corrected chi connectivity index (χ2v) is 7.92. The Morgan fingerprint density at radius 3 is 2.61 bits per heavy atom. The van der Waals surface area contributed by atoms with Crippen molar-refractivity contribution in [2.45, 2.75) is 13.3 Å². The molecular weight excluding hydrogens is 417 g/mol. The molecule has 0 bridgehead atoms. The van der Waals surface area contributed by atoms with Crippen LogP contribution in [0.2, 0.25) is 10.0 Å². The molecule has 0 spiro atoms. The second kappa shape index (κ2) is 7.91. The Balaban J connectivity index is 1.67. The van der Waals surface area contributed by atoms with E-state index in [0.717, 1.165) is 23.3 Å². The molecule has 0 N–H and O–H groups in total. The summed E-state index contributed by atoms with van der Waals surface area (Å²) in [6, 6.07) is 12.7. The zero-order valence-corrected chi connectivity index (χ0v) is 17.2. The zero-order valence-electron chi connectivity index (χ0n) is 14.9. The van der Waals surface area contributed by atoms with Gasteiger partial charge in [0.05, 0.1) is 21.2 Å². The summed E-state index contributed by atoms with van der Waals surface area (Å²) in [6.45, 7) is 2.74. The van der Waals surface area contributed by atoms with Crippen molar-refractivity contribution in [3.8, 4) is 17.1 Å².